The summed E-state index contributed by atoms with van der Waals surface area (Å²) in [6, 6.07) is 4.56. The Hall–Kier alpha value is -2.37. The van der Waals surface area contributed by atoms with Crippen LogP contribution < -0.4 is 0 Å². The molecule has 2 aliphatic heterocycles. The zero-order valence-corrected chi connectivity index (χ0v) is 12.4. The molecule has 0 radical (unpaired) electrons. The van der Waals surface area contributed by atoms with Gasteiger partial charge in [-0.3, -0.25) is 9.59 Å². The minimum atomic E-state index is -1.03. The SMILES string of the molecule is CN1CC(=O)N2CCc3c([nH]c4ccc(F)cc34)C2(C)C1=O. The maximum Gasteiger partial charge on any atom is 0.254 e. The molecule has 4 rings (SSSR count). The van der Waals surface area contributed by atoms with Crippen molar-refractivity contribution in [1.82, 2.24) is 14.8 Å². The van der Waals surface area contributed by atoms with E-state index >= 15 is 0 Å². The number of H-pyrrole nitrogens is 1. The lowest BCUT2D eigenvalue weighted by Crippen LogP contribution is -2.66. The number of carbonyl (C=O) groups excluding carboxylic acids is 2. The van der Waals surface area contributed by atoms with Crippen molar-refractivity contribution in [2.45, 2.75) is 18.9 Å². The molecule has 0 bridgehead atoms. The monoisotopic (exact) mass is 301 g/mol. The van der Waals surface area contributed by atoms with Crippen molar-refractivity contribution < 1.29 is 14.0 Å². The molecule has 0 aliphatic carbocycles. The molecule has 3 heterocycles. The number of fused-ring (bicyclic) bond motifs is 5. The van der Waals surface area contributed by atoms with Crippen molar-refractivity contribution in [3.05, 3.63) is 35.3 Å². The van der Waals surface area contributed by atoms with E-state index < -0.39 is 5.54 Å². The lowest BCUT2D eigenvalue weighted by molar-refractivity contribution is -0.164. The van der Waals surface area contributed by atoms with E-state index in [1.165, 1.54) is 17.0 Å². The molecule has 1 aromatic carbocycles. The predicted molar refractivity (Wildman–Crippen MR) is 78.7 cm³/mol. The van der Waals surface area contributed by atoms with Crippen molar-refractivity contribution in [2.75, 3.05) is 20.1 Å². The average molecular weight is 301 g/mol. The number of carbonyl (C=O) groups is 2. The number of amides is 2. The number of hydrogen-bond donors (Lipinski definition) is 1. The molecule has 1 aromatic heterocycles. The van der Waals surface area contributed by atoms with Crippen LogP contribution in [0.1, 0.15) is 18.2 Å². The second-order valence-corrected chi connectivity index (χ2v) is 6.20. The molecule has 6 heteroatoms. The van der Waals surface area contributed by atoms with Crippen molar-refractivity contribution in [3.63, 3.8) is 0 Å². The Labute approximate surface area is 126 Å². The fraction of sp³-hybridized carbons (Fsp3) is 0.375. The highest BCUT2D eigenvalue weighted by atomic mass is 19.1. The number of aromatic amines is 1. The highest BCUT2D eigenvalue weighted by molar-refractivity contribution is 6.00. The standard InChI is InChI=1S/C16H16FN3O2/c1-16-14-10(11-7-9(17)3-4-12(11)18-14)5-6-20(16)13(21)8-19(2)15(16)22/h3-4,7,18H,5-6,8H2,1-2H3. The van der Waals surface area contributed by atoms with E-state index in [0.717, 1.165) is 16.5 Å². The summed E-state index contributed by atoms with van der Waals surface area (Å²) in [6.45, 7) is 2.36. The third-order valence-electron chi connectivity index (χ3n) is 4.92. The fourth-order valence-electron chi connectivity index (χ4n) is 3.81. The van der Waals surface area contributed by atoms with Crippen molar-refractivity contribution in [2.24, 2.45) is 0 Å². The Bertz CT molecular complexity index is 828. The molecular formula is C16H16FN3O2. The van der Waals surface area contributed by atoms with Crippen molar-refractivity contribution >= 4 is 22.7 Å². The van der Waals surface area contributed by atoms with Crippen LogP contribution in [0.25, 0.3) is 10.9 Å². The topological polar surface area (TPSA) is 56.4 Å². The van der Waals surface area contributed by atoms with Gasteiger partial charge < -0.3 is 14.8 Å². The second-order valence-electron chi connectivity index (χ2n) is 6.20. The van der Waals surface area contributed by atoms with E-state index in [2.05, 4.69) is 4.98 Å². The van der Waals surface area contributed by atoms with Gasteiger partial charge in [0.15, 0.2) is 5.54 Å². The van der Waals surface area contributed by atoms with Crippen LogP contribution >= 0.6 is 0 Å². The first-order chi connectivity index (χ1) is 10.4. The Kier molecular flexibility index (Phi) is 2.47. The number of piperazine rings is 1. The molecule has 2 amide bonds. The molecule has 2 aliphatic rings. The first kappa shape index (κ1) is 13.3. The van der Waals surface area contributed by atoms with E-state index in [9.17, 15) is 14.0 Å². The van der Waals surface area contributed by atoms with Gasteiger partial charge >= 0.3 is 0 Å². The van der Waals surface area contributed by atoms with E-state index in [4.69, 9.17) is 0 Å². The van der Waals surface area contributed by atoms with Gasteiger partial charge in [-0.15, -0.1) is 0 Å². The van der Waals surface area contributed by atoms with E-state index in [1.807, 2.05) is 0 Å². The summed E-state index contributed by atoms with van der Waals surface area (Å²) in [5.74, 6) is -0.467. The van der Waals surface area contributed by atoms with E-state index in [1.54, 1.807) is 24.9 Å². The maximum atomic E-state index is 13.6. The quantitative estimate of drug-likeness (QED) is 0.799. The number of nitrogens with one attached hydrogen (secondary N) is 1. The van der Waals surface area contributed by atoms with E-state index in [-0.39, 0.29) is 24.2 Å². The van der Waals surface area contributed by atoms with Gasteiger partial charge in [0, 0.05) is 24.5 Å². The molecule has 1 N–H and O–H groups in total. The minimum Gasteiger partial charge on any atom is -0.356 e. The van der Waals surface area contributed by atoms with Gasteiger partial charge in [-0.05, 0) is 37.1 Å². The summed E-state index contributed by atoms with van der Waals surface area (Å²) >= 11 is 0. The molecular weight excluding hydrogens is 285 g/mol. The number of likely N-dealkylation sites (N-methyl/N-ethyl adjacent to an activating group) is 1. The van der Waals surface area contributed by atoms with Gasteiger partial charge in [-0.25, -0.2) is 4.39 Å². The second kappa shape index (κ2) is 4.09. The number of rotatable bonds is 0. The van der Waals surface area contributed by atoms with Crippen LogP contribution in [0.4, 0.5) is 4.39 Å². The Morgan fingerprint density at radius 3 is 2.86 bits per heavy atom. The van der Waals surface area contributed by atoms with Crippen LogP contribution in [0.15, 0.2) is 18.2 Å². The minimum absolute atomic E-state index is 0.0555. The molecule has 1 fully saturated rings. The van der Waals surface area contributed by atoms with Crippen LogP contribution in [-0.2, 0) is 21.5 Å². The highest BCUT2D eigenvalue weighted by Crippen LogP contribution is 2.41. The molecule has 5 nitrogen and oxygen atoms in total. The molecule has 1 atom stereocenters. The van der Waals surface area contributed by atoms with Gasteiger partial charge in [0.1, 0.15) is 5.82 Å². The Morgan fingerprint density at radius 2 is 2.09 bits per heavy atom. The maximum absolute atomic E-state index is 13.6. The summed E-state index contributed by atoms with van der Waals surface area (Å²) in [4.78, 5) is 31.4. The van der Waals surface area contributed by atoms with Crippen LogP contribution in [-0.4, -0.2) is 46.7 Å². The lowest BCUT2D eigenvalue weighted by Gasteiger charge is -2.48. The lowest BCUT2D eigenvalue weighted by atomic mass is 9.83. The molecule has 22 heavy (non-hydrogen) atoms. The summed E-state index contributed by atoms with van der Waals surface area (Å²) in [7, 11) is 1.64. The van der Waals surface area contributed by atoms with Crippen LogP contribution in [0, 0.1) is 5.82 Å². The summed E-state index contributed by atoms with van der Waals surface area (Å²) in [5.41, 5.74) is 1.41. The summed E-state index contributed by atoms with van der Waals surface area (Å²) in [5, 5.41) is 0.796. The third-order valence-corrected chi connectivity index (χ3v) is 4.92. The van der Waals surface area contributed by atoms with Gasteiger partial charge in [-0.2, -0.15) is 0 Å². The van der Waals surface area contributed by atoms with Crippen LogP contribution in [0.5, 0.6) is 0 Å². The van der Waals surface area contributed by atoms with E-state index in [0.29, 0.717) is 18.7 Å². The van der Waals surface area contributed by atoms with Crippen LogP contribution in [0.2, 0.25) is 0 Å². The number of nitrogens with zero attached hydrogens (tertiary/aromatic N) is 2. The van der Waals surface area contributed by atoms with Gasteiger partial charge in [0.25, 0.3) is 5.91 Å². The zero-order valence-electron chi connectivity index (χ0n) is 12.4. The summed E-state index contributed by atoms with van der Waals surface area (Å²) < 4.78 is 13.6. The smallest absolute Gasteiger partial charge is 0.254 e. The van der Waals surface area contributed by atoms with Gasteiger partial charge in [0.2, 0.25) is 5.91 Å². The average Bonchev–Trinajstić information content (AvgIpc) is 2.84. The van der Waals surface area contributed by atoms with Crippen molar-refractivity contribution in [1.29, 1.82) is 0 Å². The van der Waals surface area contributed by atoms with Gasteiger partial charge in [-0.1, -0.05) is 0 Å². The first-order valence-electron chi connectivity index (χ1n) is 7.29. The number of aromatic nitrogens is 1. The molecule has 114 valence electrons. The molecule has 0 saturated carbocycles. The Morgan fingerprint density at radius 1 is 1.32 bits per heavy atom. The number of hydrogen-bond acceptors (Lipinski definition) is 2. The first-order valence-corrected chi connectivity index (χ1v) is 7.29. The molecule has 1 unspecified atom stereocenters. The molecule has 0 spiro atoms. The molecule has 2 aromatic rings. The highest BCUT2D eigenvalue weighted by Gasteiger charge is 2.53. The zero-order chi connectivity index (χ0) is 15.6. The van der Waals surface area contributed by atoms with Crippen LogP contribution in [0.3, 0.4) is 0 Å². The summed E-state index contributed by atoms with van der Waals surface area (Å²) in [6.07, 6.45) is 0.622. The Balaban J connectivity index is 2.00. The third kappa shape index (κ3) is 1.47. The normalized spacial score (nSPS) is 24.7. The molecule has 1 saturated heterocycles. The number of benzene rings is 1. The van der Waals surface area contributed by atoms with Crippen molar-refractivity contribution in [3.8, 4) is 0 Å². The fourth-order valence-corrected chi connectivity index (χ4v) is 3.81. The largest absolute Gasteiger partial charge is 0.356 e. The van der Waals surface area contributed by atoms with Gasteiger partial charge in [0.05, 0.1) is 12.2 Å². The predicted octanol–water partition coefficient (Wildman–Crippen LogP) is 1.38. The number of halogens is 1.